The zero-order chi connectivity index (χ0) is 8.72. The van der Waals surface area contributed by atoms with Gasteiger partial charge in [0.15, 0.2) is 0 Å². The first-order chi connectivity index (χ1) is 5.72. The van der Waals surface area contributed by atoms with Crippen LogP contribution in [-0.2, 0) is 0 Å². The van der Waals surface area contributed by atoms with Gasteiger partial charge < -0.3 is 5.11 Å². The van der Waals surface area contributed by atoms with E-state index in [1.807, 2.05) is 22.6 Å². The lowest BCUT2D eigenvalue weighted by molar-refractivity contribution is 0.104. The first-order valence-corrected chi connectivity index (χ1v) is 4.52. The predicted molar refractivity (Wildman–Crippen MR) is 54.3 cm³/mol. The summed E-state index contributed by atoms with van der Waals surface area (Å²) in [4.78, 5) is 11.4. The van der Waals surface area contributed by atoms with Crippen molar-refractivity contribution in [2.45, 2.75) is 0 Å². The molecule has 0 heterocycles. The zero-order valence-electron chi connectivity index (χ0n) is 6.04. The minimum atomic E-state index is -0.0799. The van der Waals surface area contributed by atoms with E-state index in [-0.39, 0.29) is 11.5 Å². The number of rotatable bonds is 0. The average molecular weight is 272 g/mol. The van der Waals surface area contributed by atoms with E-state index in [4.69, 9.17) is 0 Å². The molecule has 0 amide bonds. The third-order valence-electron chi connectivity index (χ3n) is 1.83. The summed E-state index contributed by atoms with van der Waals surface area (Å²) < 4.78 is 0.411. The number of carbonyl (C=O) groups is 1. The van der Waals surface area contributed by atoms with Crippen molar-refractivity contribution >= 4 is 34.1 Å². The molecule has 1 aliphatic carbocycles. The molecule has 0 fully saturated rings. The van der Waals surface area contributed by atoms with E-state index >= 15 is 0 Å². The SMILES string of the molecule is O=C1C(I)=C(O)c2ccccc21. The summed E-state index contributed by atoms with van der Waals surface area (Å²) >= 11 is 1.86. The minimum absolute atomic E-state index is 0.0799. The highest BCUT2D eigenvalue weighted by atomic mass is 127. The summed E-state index contributed by atoms with van der Waals surface area (Å²) in [6.45, 7) is 0. The van der Waals surface area contributed by atoms with Gasteiger partial charge in [-0.15, -0.1) is 0 Å². The molecule has 3 heteroatoms. The van der Waals surface area contributed by atoms with Crippen molar-refractivity contribution in [3.63, 3.8) is 0 Å². The van der Waals surface area contributed by atoms with Gasteiger partial charge >= 0.3 is 0 Å². The van der Waals surface area contributed by atoms with Gasteiger partial charge in [-0.1, -0.05) is 24.3 Å². The second kappa shape index (κ2) is 2.58. The molecule has 0 aliphatic heterocycles. The Hall–Kier alpha value is -0.840. The Kier molecular flexibility index (Phi) is 1.68. The van der Waals surface area contributed by atoms with Crippen molar-refractivity contribution in [2.24, 2.45) is 0 Å². The molecule has 0 atom stereocenters. The van der Waals surface area contributed by atoms with Crippen LogP contribution in [0.5, 0.6) is 0 Å². The molecule has 0 bridgehead atoms. The van der Waals surface area contributed by atoms with Crippen LogP contribution >= 0.6 is 22.6 Å². The summed E-state index contributed by atoms with van der Waals surface area (Å²) in [5.41, 5.74) is 1.24. The van der Waals surface area contributed by atoms with Crippen LogP contribution in [0, 0.1) is 0 Å². The quantitative estimate of drug-likeness (QED) is 0.737. The number of hydrogen-bond donors (Lipinski definition) is 1. The van der Waals surface area contributed by atoms with Gasteiger partial charge in [0.1, 0.15) is 9.34 Å². The molecule has 0 aromatic heterocycles. The van der Waals surface area contributed by atoms with Crippen LogP contribution in [0.3, 0.4) is 0 Å². The zero-order valence-corrected chi connectivity index (χ0v) is 8.20. The van der Waals surface area contributed by atoms with Crippen LogP contribution in [-0.4, -0.2) is 10.9 Å². The maximum absolute atomic E-state index is 11.4. The Morgan fingerprint density at radius 3 is 2.33 bits per heavy atom. The fraction of sp³-hybridized carbons (Fsp3) is 0. The summed E-state index contributed by atoms with van der Waals surface area (Å²) in [6, 6.07) is 7.06. The molecule has 0 spiro atoms. The van der Waals surface area contributed by atoms with Gasteiger partial charge in [-0.3, -0.25) is 4.79 Å². The molecule has 2 rings (SSSR count). The summed E-state index contributed by atoms with van der Waals surface area (Å²) in [6.07, 6.45) is 0. The van der Waals surface area contributed by atoms with E-state index in [0.29, 0.717) is 14.7 Å². The number of halogens is 1. The number of aliphatic hydroxyl groups is 1. The molecule has 0 saturated heterocycles. The third-order valence-corrected chi connectivity index (χ3v) is 2.83. The second-order valence-corrected chi connectivity index (χ2v) is 3.62. The van der Waals surface area contributed by atoms with E-state index in [0.717, 1.165) is 0 Å². The lowest BCUT2D eigenvalue weighted by atomic mass is 10.1. The lowest BCUT2D eigenvalue weighted by Crippen LogP contribution is -1.92. The van der Waals surface area contributed by atoms with Crippen LogP contribution in [0.1, 0.15) is 15.9 Å². The molecular formula is C9H5IO2. The summed E-state index contributed by atoms with van der Waals surface area (Å²) in [5, 5.41) is 9.47. The molecular weight excluding hydrogens is 267 g/mol. The van der Waals surface area contributed by atoms with Gasteiger partial charge in [0, 0.05) is 11.1 Å². The topological polar surface area (TPSA) is 37.3 Å². The number of Topliss-reactive ketones (excluding diaryl/α,β-unsaturated/α-hetero) is 1. The van der Waals surface area contributed by atoms with Crippen molar-refractivity contribution in [2.75, 3.05) is 0 Å². The van der Waals surface area contributed by atoms with Crippen LogP contribution in [0.4, 0.5) is 0 Å². The molecule has 0 radical (unpaired) electrons. The number of benzene rings is 1. The molecule has 1 aromatic carbocycles. The molecule has 60 valence electrons. The number of hydrogen-bond acceptors (Lipinski definition) is 2. The Labute approximate surface area is 83.0 Å². The van der Waals surface area contributed by atoms with Crippen molar-refractivity contribution in [3.05, 3.63) is 39.0 Å². The largest absolute Gasteiger partial charge is 0.506 e. The van der Waals surface area contributed by atoms with Gasteiger partial charge in [0.2, 0.25) is 5.78 Å². The number of ketones is 1. The monoisotopic (exact) mass is 272 g/mol. The van der Waals surface area contributed by atoms with E-state index in [1.54, 1.807) is 24.3 Å². The maximum Gasteiger partial charge on any atom is 0.203 e. The van der Waals surface area contributed by atoms with Crippen molar-refractivity contribution in [1.29, 1.82) is 0 Å². The average Bonchev–Trinajstić information content (AvgIpc) is 2.33. The molecule has 1 aliphatic rings. The molecule has 0 saturated carbocycles. The smallest absolute Gasteiger partial charge is 0.203 e. The fourth-order valence-electron chi connectivity index (χ4n) is 1.23. The highest BCUT2D eigenvalue weighted by Gasteiger charge is 2.26. The van der Waals surface area contributed by atoms with E-state index in [1.165, 1.54) is 0 Å². The first kappa shape index (κ1) is 7.79. The van der Waals surface area contributed by atoms with Gasteiger partial charge in [-0.05, 0) is 22.6 Å². The second-order valence-electron chi connectivity index (χ2n) is 2.54. The predicted octanol–water partition coefficient (Wildman–Crippen LogP) is 2.54. The highest BCUT2D eigenvalue weighted by molar-refractivity contribution is 14.1. The minimum Gasteiger partial charge on any atom is -0.506 e. The van der Waals surface area contributed by atoms with Gasteiger partial charge in [-0.2, -0.15) is 0 Å². The Balaban J connectivity index is 2.73. The number of fused-ring (bicyclic) bond motifs is 1. The molecule has 1 N–H and O–H groups in total. The van der Waals surface area contributed by atoms with Crippen LogP contribution in [0.25, 0.3) is 5.76 Å². The van der Waals surface area contributed by atoms with E-state index < -0.39 is 0 Å². The van der Waals surface area contributed by atoms with Gasteiger partial charge in [0.25, 0.3) is 0 Å². The standard InChI is InChI=1S/C9H5IO2/c10-7-8(11)5-3-1-2-4-6(5)9(7)12/h1-4,11H. The van der Waals surface area contributed by atoms with E-state index in [2.05, 4.69) is 0 Å². The Morgan fingerprint density at radius 1 is 1.17 bits per heavy atom. The number of allylic oxidation sites excluding steroid dienone is 1. The molecule has 12 heavy (non-hydrogen) atoms. The van der Waals surface area contributed by atoms with E-state index in [9.17, 15) is 9.90 Å². The number of aliphatic hydroxyl groups excluding tert-OH is 1. The third kappa shape index (κ3) is 0.891. The molecule has 1 aromatic rings. The van der Waals surface area contributed by atoms with Crippen LogP contribution in [0.15, 0.2) is 27.8 Å². The lowest BCUT2D eigenvalue weighted by Gasteiger charge is -1.94. The van der Waals surface area contributed by atoms with Crippen LogP contribution < -0.4 is 0 Å². The summed E-state index contributed by atoms with van der Waals surface area (Å²) in [7, 11) is 0. The molecule has 0 unspecified atom stereocenters. The molecule has 2 nitrogen and oxygen atoms in total. The Bertz CT molecular complexity index is 393. The van der Waals surface area contributed by atoms with Gasteiger partial charge in [-0.25, -0.2) is 0 Å². The summed E-state index contributed by atoms with van der Waals surface area (Å²) in [5.74, 6) is 0.0277. The van der Waals surface area contributed by atoms with Crippen molar-refractivity contribution < 1.29 is 9.90 Å². The normalized spacial score (nSPS) is 15.2. The maximum atomic E-state index is 11.4. The number of carbonyl (C=O) groups excluding carboxylic acids is 1. The van der Waals surface area contributed by atoms with Crippen molar-refractivity contribution in [1.82, 2.24) is 0 Å². The van der Waals surface area contributed by atoms with Crippen molar-refractivity contribution in [3.8, 4) is 0 Å². The first-order valence-electron chi connectivity index (χ1n) is 3.44. The van der Waals surface area contributed by atoms with Crippen LogP contribution in [0.2, 0.25) is 0 Å². The fourth-order valence-corrected chi connectivity index (χ4v) is 1.81. The Morgan fingerprint density at radius 2 is 1.75 bits per heavy atom. The van der Waals surface area contributed by atoms with Gasteiger partial charge in [0.05, 0.1) is 0 Å². The highest BCUT2D eigenvalue weighted by Crippen LogP contribution is 2.33.